The molecule has 0 unspecified atom stereocenters. The number of hydrogen-bond acceptors (Lipinski definition) is 2. The lowest BCUT2D eigenvalue weighted by molar-refractivity contribution is -0.141. The average Bonchev–Trinajstić information content (AvgIpc) is 2.43. The molecule has 0 saturated heterocycles. The number of carbonyl (C=O) groups is 2. The van der Waals surface area contributed by atoms with Gasteiger partial charge in [0, 0.05) is 26.3 Å². The van der Waals surface area contributed by atoms with E-state index < -0.39 is 8.07 Å². The first kappa shape index (κ1) is 18.1. The summed E-state index contributed by atoms with van der Waals surface area (Å²) in [5.41, 5.74) is 1.45. The highest BCUT2D eigenvalue weighted by atomic mass is 28.3. The molecular formula is C21H34O2Si. The van der Waals surface area contributed by atoms with Gasteiger partial charge in [-0.25, -0.2) is 0 Å². The maximum atomic E-state index is 12.6. The van der Waals surface area contributed by atoms with Gasteiger partial charge in [0.25, 0.3) is 0 Å². The van der Waals surface area contributed by atoms with Gasteiger partial charge in [-0.15, -0.1) is 0 Å². The molecule has 0 radical (unpaired) electrons. The monoisotopic (exact) mass is 346 g/mol. The molecule has 24 heavy (non-hydrogen) atoms. The third-order valence-corrected chi connectivity index (χ3v) is 9.09. The van der Waals surface area contributed by atoms with Crippen molar-refractivity contribution < 1.29 is 9.59 Å². The predicted octanol–water partition coefficient (Wildman–Crippen LogP) is 5.41. The fourth-order valence-corrected chi connectivity index (χ4v) is 9.06. The number of hydrogen-bond donors (Lipinski definition) is 0. The van der Waals surface area contributed by atoms with Gasteiger partial charge in [0.2, 0.25) is 0 Å². The molecule has 2 saturated carbocycles. The third-order valence-electron chi connectivity index (χ3n) is 7.35. The minimum atomic E-state index is -1.24. The molecule has 0 spiro atoms. The van der Waals surface area contributed by atoms with E-state index >= 15 is 0 Å². The lowest BCUT2D eigenvalue weighted by Gasteiger charge is -2.61. The maximum Gasteiger partial charge on any atom is 0.155 e. The van der Waals surface area contributed by atoms with Gasteiger partial charge >= 0.3 is 0 Å². The standard InChI is InChI=1S/C21H34O2Si/c1-19(2)16-8-12-21(14-24(4,5)6)11-7-15(22)13-17(21)20(16,3)10-9-18(19)23/h13,16H,7-12,14H2,1-6H3/t16-,20-,21+/m0/s1. The third kappa shape index (κ3) is 2.67. The van der Waals surface area contributed by atoms with Crippen LogP contribution in [0.4, 0.5) is 0 Å². The molecule has 0 aliphatic heterocycles. The molecular weight excluding hydrogens is 312 g/mol. The normalized spacial score (nSPS) is 39.1. The van der Waals surface area contributed by atoms with E-state index in [0.717, 1.165) is 25.7 Å². The Bertz CT molecular complexity index is 610. The molecule has 3 aliphatic carbocycles. The first-order valence-corrected chi connectivity index (χ1v) is 13.4. The first-order chi connectivity index (χ1) is 10.9. The van der Waals surface area contributed by atoms with Gasteiger partial charge in [0.05, 0.1) is 0 Å². The summed E-state index contributed by atoms with van der Waals surface area (Å²) in [7, 11) is -1.24. The zero-order valence-corrected chi connectivity index (χ0v) is 17.4. The van der Waals surface area contributed by atoms with Crippen molar-refractivity contribution in [2.24, 2.45) is 22.2 Å². The molecule has 134 valence electrons. The SMILES string of the molecule is CC1(C)C(=O)CC[C@]2(C)C3=CC(=O)CC[C@]3(C[Si](C)(C)C)CC[C@@H]12. The van der Waals surface area contributed by atoms with Crippen LogP contribution in [0.3, 0.4) is 0 Å². The van der Waals surface area contributed by atoms with Crippen LogP contribution in [0.25, 0.3) is 0 Å². The van der Waals surface area contributed by atoms with E-state index in [1.54, 1.807) is 0 Å². The summed E-state index contributed by atoms with van der Waals surface area (Å²) < 4.78 is 0. The largest absolute Gasteiger partial charge is 0.299 e. The second kappa shape index (κ2) is 5.39. The fourth-order valence-electron chi connectivity index (χ4n) is 6.48. The lowest BCUT2D eigenvalue weighted by Crippen LogP contribution is -2.56. The number of fused-ring (bicyclic) bond motifs is 3. The number of rotatable bonds is 2. The molecule has 0 aromatic carbocycles. The van der Waals surface area contributed by atoms with Crippen molar-refractivity contribution in [1.29, 1.82) is 0 Å². The summed E-state index contributed by atoms with van der Waals surface area (Å²) >= 11 is 0. The summed E-state index contributed by atoms with van der Waals surface area (Å²) in [4.78, 5) is 24.9. The Balaban J connectivity index is 2.10. The Hall–Kier alpha value is -0.703. The Morgan fingerprint density at radius 1 is 1.04 bits per heavy atom. The molecule has 0 amide bonds. The van der Waals surface area contributed by atoms with Crippen molar-refractivity contribution in [3.05, 3.63) is 11.6 Å². The molecule has 2 nitrogen and oxygen atoms in total. The molecule has 3 atom stereocenters. The van der Waals surface area contributed by atoms with Gasteiger partial charge in [-0.3, -0.25) is 9.59 Å². The van der Waals surface area contributed by atoms with Crippen LogP contribution in [0.1, 0.15) is 59.3 Å². The minimum absolute atomic E-state index is 0.0331. The van der Waals surface area contributed by atoms with Crippen LogP contribution >= 0.6 is 0 Å². The highest BCUT2D eigenvalue weighted by Crippen LogP contribution is 2.66. The summed E-state index contributed by atoms with van der Waals surface area (Å²) in [5, 5.41) is 0. The summed E-state index contributed by atoms with van der Waals surface area (Å²) in [5.74, 6) is 1.12. The smallest absolute Gasteiger partial charge is 0.155 e. The fraction of sp³-hybridized carbons (Fsp3) is 0.810. The number of Topliss-reactive ketones (excluding diaryl/α,β-unsaturated/α-hetero) is 1. The Morgan fingerprint density at radius 2 is 1.71 bits per heavy atom. The summed E-state index contributed by atoms with van der Waals surface area (Å²) in [6.45, 7) is 14.0. The topological polar surface area (TPSA) is 34.1 Å². The van der Waals surface area contributed by atoms with Gasteiger partial charge in [-0.05, 0) is 54.6 Å². The van der Waals surface area contributed by atoms with Crippen LogP contribution < -0.4 is 0 Å². The molecule has 0 N–H and O–H groups in total. The summed E-state index contributed by atoms with van der Waals surface area (Å²) in [6.07, 6.45) is 7.72. The predicted molar refractivity (Wildman–Crippen MR) is 102 cm³/mol. The lowest BCUT2D eigenvalue weighted by atomic mass is 9.44. The van der Waals surface area contributed by atoms with Crippen molar-refractivity contribution in [3.63, 3.8) is 0 Å². The van der Waals surface area contributed by atoms with Crippen molar-refractivity contribution in [2.75, 3.05) is 0 Å². The van der Waals surface area contributed by atoms with E-state index in [1.807, 2.05) is 6.08 Å². The zero-order valence-electron chi connectivity index (χ0n) is 16.4. The molecule has 0 aromatic rings. The maximum absolute atomic E-state index is 12.6. The first-order valence-electron chi connectivity index (χ1n) is 9.70. The van der Waals surface area contributed by atoms with Crippen LogP contribution in [-0.2, 0) is 9.59 Å². The van der Waals surface area contributed by atoms with Crippen LogP contribution in [-0.4, -0.2) is 19.6 Å². The quantitative estimate of drug-likeness (QED) is 0.627. The zero-order chi connectivity index (χ0) is 18.0. The van der Waals surface area contributed by atoms with Crippen molar-refractivity contribution in [1.82, 2.24) is 0 Å². The Labute approximate surface area is 148 Å². The van der Waals surface area contributed by atoms with Crippen LogP contribution in [0, 0.1) is 22.2 Å². The molecule has 2 fully saturated rings. The van der Waals surface area contributed by atoms with Gasteiger partial charge in [-0.1, -0.05) is 46.0 Å². The van der Waals surface area contributed by atoms with E-state index in [-0.39, 0.29) is 16.2 Å². The van der Waals surface area contributed by atoms with E-state index in [2.05, 4.69) is 40.4 Å². The van der Waals surface area contributed by atoms with Gasteiger partial charge in [0.1, 0.15) is 5.78 Å². The molecule has 0 bridgehead atoms. The second-order valence-electron chi connectivity index (χ2n) is 10.7. The Morgan fingerprint density at radius 3 is 2.33 bits per heavy atom. The molecule has 0 aromatic heterocycles. The molecule has 3 rings (SSSR count). The molecule has 3 aliphatic rings. The van der Waals surface area contributed by atoms with E-state index in [0.29, 0.717) is 23.9 Å². The van der Waals surface area contributed by atoms with Crippen molar-refractivity contribution in [3.8, 4) is 0 Å². The van der Waals surface area contributed by atoms with Crippen LogP contribution in [0.15, 0.2) is 11.6 Å². The van der Waals surface area contributed by atoms with E-state index in [1.165, 1.54) is 18.0 Å². The summed E-state index contributed by atoms with van der Waals surface area (Å²) in [6, 6.07) is 1.29. The second-order valence-corrected chi connectivity index (χ2v) is 16.2. The molecule has 0 heterocycles. The van der Waals surface area contributed by atoms with Gasteiger partial charge in [-0.2, -0.15) is 0 Å². The highest BCUT2D eigenvalue weighted by molar-refractivity contribution is 6.76. The molecule has 3 heteroatoms. The van der Waals surface area contributed by atoms with Crippen molar-refractivity contribution >= 4 is 19.6 Å². The van der Waals surface area contributed by atoms with Crippen molar-refractivity contribution in [2.45, 2.75) is 85.0 Å². The van der Waals surface area contributed by atoms with E-state index in [9.17, 15) is 9.59 Å². The van der Waals surface area contributed by atoms with Crippen LogP contribution in [0.5, 0.6) is 0 Å². The highest BCUT2D eigenvalue weighted by Gasteiger charge is 2.60. The Kier molecular flexibility index (Phi) is 4.07. The number of ketones is 2. The average molecular weight is 347 g/mol. The van der Waals surface area contributed by atoms with Gasteiger partial charge in [0.15, 0.2) is 5.78 Å². The number of allylic oxidation sites excluding steroid dienone is 2. The minimum Gasteiger partial charge on any atom is -0.299 e. The van der Waals surface area contributed by atoms with Gasteiger partial charge < -0.3 is 0 Å². The van der Waals surface area contributed by atoms with Crippen LogP contribution in [0.2, 0.25) is 25.7 Å². The van der Waals surface area contributed by atoms with E-state index in [4.69, 9.17) is 0 Å². The number of carbonyl (C=O) groups excluding carboxylic acids is 2.